The number of nitrogens with zero attached hydrogens (tertiary/aromatic N) is 5. The van der Waals surface area contributed by atoms with E-state index in [2.05, 4.69) is 22.0 Å². The van der Waals surface area contributed by atoms with E-state index in [1.807, 2.05) is 18.7 Å². The molecule has 1 fully saturated rings. The smallest absolute Gasteiger partial charge is 0.306 e. The minimum atomic E-state index is -0.752. The summed E-state index contributed by atoms with van der Waals surface area (Å²) in [5.41, 5.74) is 2.70. The van der Waals surface area contributed by atoms with Crippen LogP contribution < -0.4 is 0 Å². The molecule has 1 amide bonds. The number of ether oxygens (including phenoxy) is 1. The summed E-state index contributed by atoms with van der Waals surface area (Å²) < 4.78 is 7.11. The second-order valence-electron chi connectivity index (χ2n) is 7.45. The fourth-order valence-electron chi connectivity index (χ4n) is 4.00. The van der Waals surface area contributed by atoms with Crippen LogP contribution in [-0.4, -0.2) is 55.0 Å². The second-order valence-corrected chi connectivity index (χ2v) is 7.45. The summed E-state index contributed by atoms with van der Waals surface area (Å²) in [4.78, 5) is 35.5. The molecule has 0 radical (unpaired) electrons. The molecule has 2 atom stereocenters. The zero-order valence-corrected chi connectivity index (χ0v) is 17.1. The molecular weight excluding hydrogens is 358 g/mol. The average molecular weight is 387 g/mol. The number of fused-ring (bicyclic) bond motifs is 1. The third-order valence-electron chi connectivity index (χ3n) is 5.61. The van der Waals surface area contributed by atoms with Gasteiger partial charge in [0.25, 0.3) is 11.7 Å². The van der Waals surface area contributed by atoms with Crippen molar-refractivity contribution in [1.82, 2.24) is 24.5 Å². The Hall–Kier alpha value is -2.51. The number of likely N-dealkylation sites (tertiary alicyclic amines) is 1. The van der Waals surface area contributed by atoms with E-state index < -0.39 is 6.10 Å². The third-order valence-corrected chi connectivity index (χ3v) is 5.61. The number of carbonyl (C=O) groups is 2. The van der Waals surface area contributed by atoms with Crippen molar-refractivity contribution >= 4 is 17.7 Å². The summed E-state index contributed by atoms with van der Waals surface area (Å²) in [5, 5.41) is 4.16. The van der Waals surface area contributed by atoms with Gasteiger partial charge in [0, 0.05) is 30.4 Å². The van der Waals surface area contributed by atoms with Gasteiger partial charge in [-0.1, -0.05) is 6.92 Å². The first-order chi connectivity index (χ1) is 13.4. The van der Waals surface area contributed by atoms with Crippen LogP contribution in [0.5, 0.6) is 0 Å². The predicted octanol–water partition coefficient (Wildman–Crippen LogP) is 2.40. The molecule has 8 nitrogen and oxygen atoms in total. The Morgan fingerprint density at radius 2 is 2.11 bits per heavy atom. The van der Waals surface area contributed by atoms with E-state index in [-0.39, 0.29) is 24.3 Å². The minimum absolute atomic E-state index is 0.0852. The maximum absolute atomic E-state index is 12.7. The largest absolute Gasteiger partial charge is 0.453 e. The molecule has 1 aliphatic rings. The zero-order chi connectivity index (χ0) is 20.3. The molecule has 3 rings (SSSR count). The Bertz CT molecular complexity index is 863. The highest BCUT2D eigenvalue weighted by Crippen LogP contribution is 2.21. The standard InChI is InChI=1S/C20H29N5O3/c1-5-16-8-6-7-11-24(16)19(27)15(4)28-18(26)10-9-17-13(2)23-20-21-12-22-25(20)14(17)3/h12,15-16H,5-11H2,1-4H3. The van der Waals surface area contributed by atoms with E-state index in [0.717, 1.165) is 49.2 Å². The summed E-state index contributed by atoms with van der Waals surface area (Å²) in [5.74, 6) is 0.0916. The molecule has 0 spiro atoms. The van der Waals surface area contributed by atoms with E-state index in [4.69, 9.17) is 4.74 Å². The van der Waals surface area contributed by atoms with Crippen LogP contribution >= 0.6 is 0 Å². The fourth-order valence-corrected chi connectivity index (χ4v) is 4.00. The minimum Gasteiger partial charge on any atom is -0.453 e. The van der Waals surface area contributed by atoms with Gasteiger partial charge in [-0.15, -0.1) is 0 Å². The van der Waals surface area contributed by atoms with Crippen molar-refractivity contribution in [3.8, 4) is 0 Å². The van der Waals surface area contributed by atoms with Gasteiger partial charge >= 0.3 is 5.97 Å². The molecule has 0 saturated carbocycles. The van der Waals surface area contributed by atoms with Gasteiger partial charge in [0.1, 0.15) is 6.33 Å². The van der Waals surface area contributed by atoms with E-state index in [9.17, 15) is 9.59 Å². The van der Waals surface area contributed by atoms with Gasteiger partial charge in [-0.3, -0.25) is 9.59 Å². The number of aryl methyl sites for hydroxylation is 2. The van der Waals surface area contributed by atoms with Crippen molar-refractivity contribution in [2.24, 2.45) is 0 Å². The number of rotatable bonds is 6. The van der Waals surface area contributed by atoms with Crippen LogP contribution in [0.1, 0.15) is 62.9 Å². The van der Waals surface area contributed by atoms with Crippen molar-refractivity contribution in [2.45, 2.75) is 78.4 Å². The normalized spacial score (nSPS) is 18.3. The maximum Gasteiger partial charge on any atom is 0.306 e. The summed E-state index contributed by atoms with van der Waals surface area (Å²) in [6.45, 7) is 8.35. The molecule has 2 aromatic heterocycles. The first-order valence-corrected chi connectivity index (χ1v) is 10.1. The lowest BCUT2D eigenvalue weighted by molar-refractivity contribution is -0.161. The van der Waals surface area contributed by atoms with Gasteiger partial charge in [-0.05, 0) is 58.4 Å². The highest BCUT2D eigenvalue weighted by molar-refractivity contribution is 5.83. The predicted molar refractivity (Wildman–Crippen MR) is 104 cm³/mol. The van der Waals surface area contributed by atoms with Gasteiger partial charge in [-0.2, -0.15) is 10.1 Å². The van der Waals surface area contributed by atoms with E-state index in [1.165, 1.54) is 6.33 Å². The zero-order valence-electron chi connectivity index (χ0n) is 17.1. The average Bonchev–Trinajstić information content (AvgIpc) is 3.15. The first-order valence-electron chi connectivity index (χ1n) is 10.1. The van der Waals surface area contributed by atoms with Crippen LogP contribution in [0.3, 0.4) is 0 Å². The number of piperidine rings is 1. The number of esters is 1. The molecule has 2 aromatic rings. The van der Waals surface area contributed by atoms with Crippen molar-refractivity contribution < 1.29 is 14.3 Å². The first kappa shape index (κ1) is 20.2. The number of amides is 1. The van der Waals surface area contributed by atoms with E-state index in [0.29, 0.717) is 12.2 Å². The highest BCUT2D eigenvalue weighted by atomic mass is 16.5. The number of aromatic nitrogens is 4. The Kier molecular flexibility index (Phi) is 6.26. The van der Waals surface area contributed by atoms with Gasteiger partial charge < -0.3 is 9.64 Å². The molecule has 0 bridgehead atoms. The SMILES string of the molecule is CCC1CCCCN1C(=O)C(C)OC(=O)CCc1c(C)nc2ncnn2c1C. The van der Waals surface area contributed by atoms with Crippen LogP contribution in [0.15, 0.2) is 6.33 Å². The topological polar surface area (TPSA) is 89.7 Å². The van der Waals surface area contributed by atoms with Crippen molar-refractivity contribution in [3.05, 3.63) is 23.3 Å². The lowest BCUT2D eigenvalue weighted by atomic mass is 9.99. The Morgan fingerprint density at radius 3 is 2.86 bits per heavy atom. The molecule has 1 aliphatic heterocycles. The Labute approximate surface area is 165 Å². The third kappa shape index (κ3) is 4.15. The highest BCUT2D eigenvalue weighted by Gasteiger charge is 2.30. The van der Waals surface area contributed by atoms with Crippen molar-refractivity contribution in [2.75, 3.05) is 6.54 Å². The quantitative estimate of drug-likeness (QED) is 0.707. The molecule has 28 heavy (non-hydrogen) atoms. The summed E-state index contributed by atoms with van der Waals surface area (Å²) >= 11 is 0. The summed E-state index contributed by atoms with van der Waals surface area (Å²) in [6.07, 6.45) is 5.52. The summed E-state index contributed by atoms with van der Waals surface area (Å²) in [6, 6.07) is 0.258. The van der Waals surface area contributed by atoms with Gasteiger partial charge in [0.05, 0.1) is 0 Å². The second kappa shape index (κ2) is 8.67. The van der Waals surface area contributed by atoms with Crippen LogP contribution in [0.25, 0.3) is 5.78 Å². The molecule has 152 valence electrons. The Balaban J connectivity index is 1.59. The van der Waals surface area contributed by atoms with Gasteiger partial charge in [0.15, 0.2) is 6.10 Å². The van der Waals surface area contributed by atoms with E-state index in [1.54, 1.807) is 11.4 Å². The molecule has 1 saturated heterocycles. The lowest BCUT2D eigenvalue weighted by Crippen LogP contribution is -2.48. The molecule has 0 N–H and O–H groups in total. The van der Waals surface area contributed by atoms with Crippen LogP contribution in [0, 0.1) is 13.8 Å². The van der Waals surface area contributed by atoms with Crippen molar-refractivity contribution in [1.29, 1.82) is 0 Å². The lowest BCUT2D eigenvalue weighted by Gasteiger charge is -2.36. The number of hydrogen-bond donors (Lipinski definition) is 0. The van der Waals surface area contributed by atoms with E-state index >= 15 is 0 Å². The molecule has 0 aliphatic carbocycles. The fraction of sp³-hybridized carbons (Fsp3) is 0.650. The van der Waals surface area contributed by atoms with Gasteiger partial charge in [-0.25, -0.2) is 9.50 Å². The summed E-state index contributed by atoms with van der Waals surface area (Å²) in [7, 11) is 0. The monoisotopic (exact) mass is 387 g/mol. The Morgan fingerprint density at radius 1 is 1.32 bits per heavy atom. The number of carbonyl (C=O) groups excluding carboxylic acids is 2. The molecular formula is C20H29N5O3. The molecule has 3 heterocycles. The van der Waals surface area contributed by atoms with Gasteiger partial charge in [0.2, 0.25) is 0 Å². The molecule has 0 aromatic carbocycles. The molecule has 2 unspecified atom stereocenters. The van der Waals surface area contributed by atoms with Crippen molar-refractivity contribution in [3.63, 3.8) is 0 Å². The van der Waals surface area contributed by atoms with Crippen LogP contribution in [0.2, 0.25) is 0 Å². The van der Waals surface area contributed by atoms with Crippen LogP contribution in [0.4, 0.5) is 0 Å². The van der Waals surface area contributed by atoms with Crippen LogP contribution in [-0.2, 0) is 20.7 Å². The molecule has 8 heteroatoms. The number of hydrogen-bond acceptors (Lipinski definition) is 6. The maximum atomic E-state index is 12.7.